The predicted molar refractivity (Wildman–Crippen MR) is 142 cm³/mol. The molecule has 3 fully saturated rings. The third-order valence-electron chi connectivity index (χ3n) is 11.9. The van der Waals surface area contributed by atoms with Crippen LogP contribution in [0.1, 0.15) is 113 Å². The maximum absolute atomic E-state index is 14.2. The van der Waals surface area contributed by atoms with E-state index in [9.17, 15) is 15.0 Å². The molecule has 4 unspecified atom stereocenters. The van der Waals surface area contributed by atoms with E-state index in [0.29, 0.717) is 50.4 Å². The number of aliphatic hydroxyl groups excluding tert-OH is 1. The lowest BCUT2D eigenvalue weighted by Crippen LogP contribution is -2.84. The molecular weight excluding hydrogens is 436 g/mol. The molecule has 6 N–H and O–H groups in total. The zero-order valence-electron chi connectivity index (χ0n) is 23.4. The van der Waals surface area contributed by atoms with Crippen LogP contribution in [0.5, 0.6) is 0 Å². The van der Waals surface area contributed by atoms with Crippen molar-refractivity contribution in [3.63, 3.8) is 0 Å². The first kappa shape index (κ1) is 27.3. The van der Waals surface area contributed by atoms with Crippen LogP contribution in [0, 0.1) is 34.0 Å². The molecule has 5 heteroatoms. The minimum absolute atomic E-state index is 0.116. The third-order valence-corrected chi connectivity index (χ3v) is 11.9. The summed E-state index contributed by atoms with van der Waals surface area (Å²) in [4.78, 5) is 14.2. The first-order valence-corrected chi connectivity index (χ1v) is 14.2. The van der Waals surface area contributed by atoms with Crippen molar-refractivity contribution in [3.8, 4) is 0 Å². The highest BCUT2D eigenvalue weighted by molar-refractivity contribution is 5.94. The van der Waals surface area contributed by atoms with Crippen molar-refractivity contribution in [2.75, 3.05) is 0 Å². The molecule has 0 amide bonds. The fourth-order valence-corrected chi connectivity index (χ4v) is 9.12. The molecule has 0 bridgehead atoms. The Hall–Kier alpha value is -0.750. The summed E-state index contributed by atoms with van der Waals surface area (Å²) in [6.07, 6.45) is 9.54. The standard InChI is InChI=1S/C30H52N2O3/c1-8-28(35)16-15-27(7)20(17-28)13-14-29(31)22-11-10-21(19(2)9-12-23(33)25(3,4)5)26(22,6)18-24(34)30(27,29)32/h13,19,21-23,33,35H,8-12,14-18,31-32H2,1-7H3/t19-,21-,22-,23?,26-,27?,28?,29?,30+/m1/s1. The molecule has 3 saturated carbocycles. The summed E-state index contributed by atoms with van der Waals surface area (Å²) in [5.41, 5.74) is 12.5. The smallest absolute Gasteiger partial charge is 0.156 e. The summed E-state index contributed by atoms with van der Waals surface area (Å²) in [5.74, 6) is 1.15. The fourth-order valence-electron chi connectivity index (χ4n) is 9.12. The lowest BCUT2D eigenvalue weighted by atomic mass is 9.39. The second-order valence-electron chi connectivity index (χ2n) is 14.6. The van der Waals surface area contributed by atoms with Crippen LogP contribution in [0.15, 0.2) is 11.6 Å². The number of Topliss-reactive ketones (excluding diaryl/α,β-unsaturated/α-hetero) is 1. The molecule has 0 radical (unpaired) electrons. The third kappa shape index (κ3) is 3.73. The highest BCUT2D eigenvalue weighted by Crippen LogP contribution is 2.68. The van der Waals surface area contributed by atoms with Gasteiger partial charge >= 0.3 is 0 Å². The Morgan fingerprint density at radius 2 is 1.77 bits per heavy atom. The topological polar surface area (TPSA) is 110 Å². The molecule has 0 aliphatic heterocycles. The molecule has 0 heterocycles. The van der Waals surface area contributed by atoms with Gasteiger partial charge in [0.1, 0.15) is 5.54 Å². The molecule has 35 heavy (non-hydrogen) atoms. The van der Waals surface area contributed by atoms with Gasteiger partial charge in [-0.3, -0.25) is 4.79 Å². The summed E-state index contributed by atoms with van der Waals surface area (Å²) in [6.45, 7) is 15.1. The molecule has 200 valence electrons. The maximum atomic E-state index is 14.2. The van der Waals surface area contributed by atoms with Crippen molar-refractivity contribution in [3.05, 3.63) is 11.6 Å². The molecule has 4 aliphatic rings. The van der Waals surface area contributed by atoms with Crippen LogP contribution in [-0.2, 0) is 4.79 Å². The second-order valence-corrected chi connectivity index (χ2v) is 14.6. The van der Waals surface area contributed by atoms with Crippen molar-refractivity contribution in [2.45, 2.75) is 135 Å². The van der Waals surface area contributed by atoms with E-state index in [0.717, 1.165) is 31.3 Å². The SMILES string of the molecule is CCC1(O)CCC2(C)C(=CCC3(N)[C@@H]4CC[C@H]([C@H](C)CCC(O)C(C)(C)C)[C@@]4(C)CC(=O)[C@]23N)C1. The van der Waals surface area contributed by atoms with E-state index < -0.39 is 22.1 Å². The van der Waals surface area contributed by atoms with Crippen molar-refractivity contribution < 1.29 is 15.0 Å². The summed E-state index contributed by atoms with van der Waals surface area (Å²) < 4.78 is 0. The highest BCUT2D eigenvalue weighted by Gasteiger charge is 2.74. The molecule has 4 rings (SSSR count). The number of hydrogen-bond donors (Lipinski definition) is 4. The summed E-state index contributed by atoms with van der Waals surface area (Å²) in [6, 6.07) is 0. The Kier molecular flexibility index (Phi) is 6.53. The molecule has 0 spiro atoms. The van der Waals surface area contributed by atoms with Gasteiger partial charge in [-0.25, -0.2) is 0 Å². The number of carbonyl (C=O) groups excluding carboxylic acids is 1. The Bertz CT molecular complexity index is 895. The number of aliphatic hydroxyl groups is 2. The zero-order valence-corrected chi connectivity index (χ0v) is 23.4. The Balaban J connectivity index is 1.64. The first-order chi connectivity index (χ1) is 16.0. The molecule has 4 aliphatic carbocycles. The fraction of sp³-hybridized carbons (Fsp3) is 0.900. The summed E-state index contributed by atoms with van der Waals surface area (Å²) in [7, 11) is 0. The van der Waals surface area contributed by atoms with Crippen molar-refractivity contribution in [1.29, 1.82) is 0 Å². The van der Waals surface area contributed by atoms with Gasteiger partial charge in [0, 0.05) is 17.4 Å². The normalized spacial score (nSPS) is 47.4. The van der Waals surface area contributed by atoms with Crippen LogP contribution in [0.25, 0.3) is 0 Å². The van der Waals surface area contributed by atoms with Crippen molar-refractivity contribution in [1.82, 2.24) is 0 Å². The van der Waals surface area contributed by atoms with Crippen LogP contribution in [0.4, 0.5) is 0 Å². The number of ketones is 1. The van der Waals surface area contributed by atoms with Crippen molar-refractivity contribution in [2.24, 2.45) is 45.5 Å². The van der Waals surface area contributed by atoms with Gasteiger partial charge in [-0.2, -0.15) is 0 Å². The molecule has 0 saturated heterocycles. The average Bonchev–Trinajstić information content (AvgIpc) is 3.12. The molecule has 0 aromatic carbocycles. The largest absolute Gasteiger partial charge is 0.393 e. The van der Waals surface area contributed by atoms with Gasteiger partial charge in [0.25, 0.3) is 0 Å². The van der Waals surface area contributed by atoms with Gasteiger partial charge in [0.15, 0.2) is 5.78 Å². The first-order valence-electron chi connectivity index (χ1n) is 14.2. The number of hydrogen-bond acceptors (Lipinski definition) is 5. The minimum atomic E-state index is -1.09. The average molecular weight is 489 g/mol. The molecular formula is C30H52N2O3. The van der Waals surface area contributed by atoms with Gasteiger partial charge in [-0.1, -0.05) is 60.1 Å². The van der Waals surface area contributed by atoms with Gasteiger partial charge in [0.05, 0.1) is 11.7 Å². The Morgan fingerprint density at radius 1 is 1.11 bits per heavy atom. The molecule has 0 aromatic rings. The molecule has 9 atom stereocenters. The summed E-state index contributed by atoms with van der Waals surface area (Å²) >= 11 is 0. The number of carbonyl (C=O) groups is 1. The van der Waals surface area contributed by atoms with Crippen LogP contribution < -0.4 is 11.5 Å². The van der Waals surface area contributed by atoms with Gasteiger partial charge < -0.3 is 21.7 Å². The van der Waals surface area contributed by atoms with Gasteiger partial charge in [-0.05, 0) is 86.4 Å². The van der Waals surface area contributed by atoms with E-state index in [1.807, 2.05) is 6.92 Å². The number of fused-ring (bicyclic) bond motifs is 5. The van der Waals surface area contributed by atoms with E-state index in [-0.39, 0.29) is 28.6 Å². The van der Waals surface area contributed by atoms with Gasteiger partial charge in [0.2, 0.25) is 0 Å². The van der Waals surface area contributed by atoms with Crippen molar-refractivity contribution >= 4 is 5.78 Å². The monoisotopic (exact) mass is 488 g/mol. The zero-order chi connectivity index (χ0) is 26.2. The quantitative estimate of drug-likeness (QED) is 0.413. The highest BCUT2D eigenvalue weighted by atomic mass is 16.3. The molecule has 0 aromatic heterocycles. The van der Waals surface area contributed by atoms with Crippen LogP contribution >= 0.6 is 0 Å². The van der Waals surface area contributed by atoms with Crippen LogP contribution in [-0.4, -0.2) is 38.8 Å². The van der Waals surface area contributed by atoms with Crippen LogP contribution in [0.3, 0.4) is 0 Å². The van der Waals surface area contributed by atoms with E-state index in [1.54, 1.807) is 0 Å². The minimum Gasteiger partial charge on any atom is -0.393 e. The van der Waals surface area contributed by atoms with Crippen LogP contribution in [0.2, 0.25) is 0 Å². The Morgan fingerprint density at radius 3 is 2.37 bits per heavy atom. The van der Waals surface area contributed by atoms with Gasteiger partial charge in [-0.15, -0.1) is 0 Å². The summed E-state index contributed by atoms with van der Waals surface area (Å²) in [5, 5.41) is 21.7. The maximum Gasteiger partial charge on any atom is 0.156 e. The Labute approximate surface area is 213 Å². The lowest BCUT2D eigenvalue weighted by molar-refractivity contribution is -0.155. The lowest BCUT2D eigenvalue weighted by Gasteiger charge is -2.67. The second kappa shape index (κ2) is 8.38. The van der Waals surface area contributed by atoms with E-state index >= 15 is 0 Å². The van der Waals surface area contributed by atoms with E-state index in [1.165, 1.54) is 0 Å². The number of nitrogens with two attached hydrogens (primary N) is 2. The number of rotatable bonds is 5. The predicted octanol–water partition coefficient (Wildman–Crippen LogP) is 4.87. The van der Waals surface area contributed by atoms with E-state index in [4.69, 9.17) is 11.5 Å². The molecule has 5 nitrogen and oxygen atoms in total. The van der Waals surface area contributed by atoms with E-state index in [2.05, 4.69) is 47.6 Å².